The largest absolute Gasteiger partial charge is 0.481 e. The van der Waals surface area contributed by atoms with Crippen molar-refractivity contribution >= 4 is 11.9 Å². The van der Waals surface area contributed by atoms with Crippen molar-refractivity contribution in [1.29, 1.82) is 0 Å². The zero-order valence-electron chi connectivity index (χ0n) is 9.64. The number of likely N-dealkylation sites (tertiary alicyclic amines) is 1. The van der Waals surface area contributed by atoms with Crippen molar-refractivity contribution < 1.29 is 14.7 Å². The molecule has 2 heterocycles. The smallest absolute Gasteiger partial charge is 0.309 e. The molecule has 1 fully saturated rings. The molecule has 0 radical (unpaired) electrons. The molecule has 0 unspecified atom stereocenters. The van der Waals surface area contributed by atoms with Gasteiger partial charge in [-0.25, -0.2) is 4.98 Å². The molecule has 92 valence electrons. The van der Waals surface area contributed by atoms with Crippen LogP contribution in [0.2, 0.25) is 0 Å². The SMILES string of the molecule is CC1(C(=O)O)CCN(C(=O)c2cnc[nH]2)CC1. The first-order valence-electron chi connectivity index (χ1n) is 5.54. The number of nitrogens with one attached hydrogen (secondary N) is 1. The predicted octanol–water partition coefficient (Wildman–Crippen LogP) is 0.737. The van der Waals surface area contributed by atoms with E-state index in [0.29, 0.717) is 31.6 Å². The molecule has 0 saturated carbocycles. The molecular formula is C11H15N3O3. The summed E-state index contributed by atoms with van der Waals surface area (Å²) in [5.41, 5.74) is -0.256. The number of carboxylic acid groups (broad SMARTS) is 1. The van der Waals surface area contributed by atoms with Gasteiger partial charge >= 0.3 is 5.97 Å². The lowest BCUT2D eigenvalue weighted by Crippen LogP contribution is -2.45. The number of nitrogens with zero attached hydrogens (tertiary/aromatic N) is 2. The van der Waals surface area contributed by atoms with Gasteiger partial charge in [-0.15, -0.1) is 0 Å². The van der Waals surface area contributed by atoms with Crippen LogP contribution in [-0.2, 0) is 4.79 Å². The Morgan fingerprint density at radius 1 is 1.47 bits per heavy atom. The van der Waals surface area contributed by atoms with Gasteiger partial charge in [0.05, 0.1) is 17.9 Å². The summed E-state index contributed by atoms with van der Waals surface area (Å²) in [6.45, 7) is 2.68. The molecular weight excluding hydrogens is 222 g/mol. The molecule has 0 aromatic carbocycles. The Morgan fingerprint density at radius 3 is 2.59 bits per heavy atom. The second-order valence-electron chi connectivity index (χ2n) is 4.62. The van der Waals surface area contributed by atoms with Crippen LogP contribution < -0.4 is 0 Å². The van der Waals surface area contributed by atoms with Crippen LogP contribution in [0.25, 0.3) is 0 Å². The van der Waals surface area contributed by atoms with Crippen LogP contribution in [0.3, 0.4) is 0 Å². The summed E-state index contributed by atoms with van der Waals surface area (Å²) in [7, 11) is 0. The highest BCUT2D eigenvalue weighted by molar-refractivity contribution is 5.92. The van der Waals surface area contributed by atoms with Crippen molar-refractivity contribution in [3.8, 4) is 0 Å². The maximum Gasteiger partial charge on any atom is 0.309 e. The Bertz CT molecular complexity index is 419. The molecule has 6 nitrogen and oxygen atoms in total. The van der Waals surface area contributed by atoms with E-state index in [1.54, 1.807) is 11.8 Å². The highest BCUT2D eigenvalue weighted by atomic mass is 16.4. The lowest BCUT2D eigenvalue weighted by Gasteiger charge is -2.36. The average Bonchev–Trinajstić information content (AvgIpc) is 2.82. The van der Waals surface area contributed by atoms with Crippen molar-refractivity contribution in [3.63, 3.8) is 0 Å². The van der Waals surface area contributed by atoms with Gasteiger partial charge in [-0.1, -0.05) is 0 Å². The molecule has 0 spiro atoms. The van der Waals surface area contributed by atoms with Gasteiger partial charge in [-0.3, -0.25) is 9.59 Å². The molecule has 0 atom stereocenters. The van der Waals surface area contributed by atoms with E-state index in [1.807, 2.05) is 0 Å². The summed E-state index contributed by atoms with van der Waals surface area (Å²) >= 11 is 0. The Labute approximate surface area is 98.7 Å². The Hall–Kier alpha value is -1.85. The Balaban J connectivity index is 2.00. The molecule has 1 aromatic heterocycles. The predicted molar refractivity (Wildman–Crippen MR) is 59.5 cm³/mol. The number of aromatic nitrogens is 2. The topological polar surface area (TPSA) is 86.3 Å². The van der Waals surface area contributed by atoms with Crippen molar-refractivity contribution in [2.45, 2.75) is 19.8 Å². The monoisotopic (exact) mass is 237 g/mol. The molecule has 2 N–H and O–H groups in total. The minimum atomic E-state index is -0.786. The van der Waals surface area contributed by atoms with Crippen molar-refractivity contribution in [1.82, 2.24) is 14.9 Å². The van der Waals surface area contributed by atoms with Crippen LogP contribution in [0.15, 0.2) is 12.5 Å². The average molecular weight is 237 g/mol. The van der Waals surface area contributed by atoms with Crippen LogP contribution in [0.1, 0.15) is 30.3 Å². The molecule has 2 rings (SSSR count). The third-order valence-corrected chi connectivity index (χ3v) is 3.40. The highest BCUT2D eigenvalue weighted by Gasteiger charge is 2.38. The number of aromatic amines is 1. The van der Waals surface area contributed by atoms with Gasteiger partial charge < -0.3 is 15.0 Å². The first-order valence-corrected chi connectivity index (χ1v) is 5.54. The van der Waals surface area contributed by atoms with Gasteiger partial charge in [0.15, 0.2) is 0 Å². The van der Waals surface area contributed by atoms with Crippen LogP contribution in [-0.4, -0.2) is 44.9 Å². The number of carboxylic acids is 1. The fourth-order valence-corrected chi connectivity index (χ4v) is 1.96. The molecule has 0 bridgehead atoms. The number of H-pyrrole nitrogens is 1. The second kappa shape index (κ2) is 4.20. The van der Waals surface area contributed by atoms with E-state index in [2.05, 4.69) is 9.97 Å². The molecule has 6 heteroatoms. The van der Waals surface area contributed by atoms with Gasteiger partial charge in [0.1, 0.15) is 5.69 Å². The number of amides is 1. The van der Waals surface area contributed by atoms with E-state index in [1.165, 1.54) is 12.5 Å². The lowest BCUT2D eigenvalue weighted by atomic mass is 9.80. The maximum atomic E-state index is 11.9. The van der Waals surface area contributed by atoms with Gasteiger partial charge in [0, 0.05) is 13.1 Å². The number of rotatable bonds is 2. The summed E-state index contributed by atoms with van der Waals surface area (Å²) in [4.78, 5) is 31.2. The van der Waals surface area contributed by atoms with Crippen LogP contribution >= 0.6 is 0 Å². The standard InChI is InChI=1S/C11H15N3O3/c1-11(10(16)17)2-4-14(5-3-11)9(15)8-6-12-7-13-8/h6-7H,2-5H2,1H3,(H,12,13)(H,16,17). The maximum absolute atomic E-state index is 11.9. The normalized spacial score (nSPS) is 19.0. The number of hydrogen-bond acceptors (Lipinski definition) is 3. The zero-order chi connectivity index (χ0) is 12.5. The fourth-order valence-electron chi connectivity index (χ4n) is 1.96. The Morgan fingerprint density at radius 2 is 2.12 bits per heavy atom. The second-order valence-corrected chi connectivity index (χ2v) is 4.62. The van der Waals surface area contributed by atoms with Crippen molar-refractivity contribution in [2.75, 3.05) is 13.1 Å². The molecule has 1 saturated heterocycles. The van der Waals surface area contributed by atoms with Gasteiger partial charge in [-0.2, -0.15) is 0 Å². The van der Waals surface area contributed by atoms with Crippen LogP contribution in [0.5, 0.6) is 0 Å². The first kappa shape index (κ1) is 11.6. The summed E-state index contributed by atoms with van der Waals surface area (Å²) in [6, 6.07) is 0. The van der Waals surface area contributed by atoms with E-state index in [4.69, 9.17) is 5.11 Å². The number of aliphatic carboxylic acids is 1. The summed E-state index contributed by atoms with van der Waals surface area (Å²) in [5.74, 6) is -0.902. The van der Waals surface area contributed by atoms with E-state index < -0.39 is 11.4 Å². The van der Waals surface area contributed by atoms with E-state index >= 15 is 0 Å². The molecule has 1 aliphatic rings. The van der Waals surface area contributed by atoms with Gasteiger partial charge in [-0.05, 0) is 19.8 Å². The van der Waals surface area contributed by atoms with Gasteiger partial charge in [0.25, 0.3) is 5.91 Å². The number of piperidine rings is 1. The molecule has 1 aliphatic heterocycles. The Kier molecular flexibility index (Phi) is 2.87. The van der Waals surface area contributed by atoms with Gasteiger partial charge in [0.2, 0.25) is 0 Å². The number of carbonyl (C=O) groups excluding carboxylic acids is 1. The minimum Gasteiger partial charge on any atom is -0.481 e. The zero-order valence-corrected chi connectivity index (χ0v) is 9.64. The molecule has 1 aromatic rings. The molecule has 1 amide bonds. The summed E-state index contributed by atoms with van der Waals surface area (Å²) in [6.07, 6.45) is 3.91. The molecule has 0 aliphatic carbocycles. The number of carbonyl (C=O) groups is 2. The highest BCUT2D eigenvalue weighted by Crippen LogP contribution is 2.31. The first-order chi connectivity index (χ1) is 8.03. The third-order valence-electron chi connectivity index (χ3n) is 3.40. The van der Waals surface area contributed by atoms with Crippen molar-refractivity contribution in [2.24, 2.45) is 5.41 Å². The van der Waals surface area contributed by atoms with E-state index in [9.17, 15) is 9.59 Å². The quantitative estimate of drug-likeness (QED) is 0.794. The number of hydrogen-bond donors (Lipinski definition) is 2. The lowest BCUT2D eigenvalue weighted by molar-refractivity contribution is -0.150. The fraction of sp³-hybridized carbons (Fsp3) is 0.545. The van der Waals surface area contributed by atoms with E-state index in [0.717, 1.165) is 0 Å². The van der Waals surface area contributed by atoms with Crippen molar-refractivity contribution in [3.05, 3.63) is 18.2 Å². The number of imidazole rings is 1. The van der Waals surface area contributed by atoms with Crippen LogP contribution in [0.4, 0.5) is 0 Å². The summed E-state index contributed by atoms with van der Waals surface area (Å²) < 4.78 is 0. The van der Waals surface area contributed by atoms with Crippen LogP contribution in [0, 0.1) is 5.41 Å². The van der Waals surface area contributed by atoms with E-state index in [-0.39, 0.29) is 5.91 Å². The third kappa shape index (κ3) is 2.15. The summed E-state index contributed by atoms with van der Waals surface area (Å²) in [5, 5.41) is 9.09. The minimum absolute atomic E-state index is 0.116. The molecule has 17 heavy (non-hydrogen) atoms.